The Hall–Kier alpha value is -0.200. The first kappa shape index (κ1) is 16.8. The van der Waals surface area contributed by atoms with E-state index in [1.807, 2.05) is 6.92 Å². The highest BCUT2D eigenvalue weighted by molar-refractivity contribution is 4.55. The van der Waals surface area contributed by atoms with Crippen LogP contribution in [0.2, 0.25) is 0 Å². The van der Waals surface area contributed by atoms with Crippen LogP contribution < -0.4 is 5.32 Å². The van der Waals surface area contributed by atoms with Crippen molar-refractivity contribution in [3.05, 3.63) is 0 Å². The van der Waals surface area contributed by atoms with E-state index in [0.717, 1.165) is 25.9 Å². The predicted molar refractivity (Wildman–Crippen MR) is 67.3 cm³/mol. The van der Waals surface area contributed by atoms with E-state index in [1.54, 1.807) is 7.11 Å². The molecule has 104 valence electrons. The zero-order chi connectivity index (χ0) is 12.8. The van der Waals surface area contributed by atoms with Gasteiger partial charge in [0.25, 0.3) is 0 Å². The summed E-state index contributed by atoms with van der Waals surface area (Å²) in [5.41, 5.74) is 0. The van der Waals surface area contributed by atoms with Crippen LogP contribution in [0.25, 0.3) is 0 Å². The fourth-order valence-corrected chi connectivity index (χ4v) is 1.21. The van der Waals surface area contributed by atoms with Gasteiger partial charge in [-0.1, -0.05) is 6.92 Å². The highest BCUT2D eigenvalue weighted by Crippen LogP contribution is 1.93. The van der Waals surface area contributed by atoms with E-state index in [-0.39, 0.29) is 6.10 Å². The first-order valence-electron chi connectivity index (χ1n) is 6.34. The van der Waals surface area contributed by atoms with Gasteiger partial charge in [-0.3, -0.25) is 0 Å². The first-order valence-corrected chi connectivity index (χ1v) is 6.34. The van der Waals surface area contributed by atoms with Crippen LogP contribution >= 0.6 is 0 Å². The first-order chi connectivity index (χ1) is 8.31. The second-order valence-electron chi connectivity index (χ2n) is 3.82. The Kier molecular flexibility index (Phi) is 13.7. The third-order valence-corrected chi connectivity index (χ3v) is 2.35. The Labute approximate surface area is 104 Å². The summed E-state index contributed by atoms with van der Waals surface area (Å²) in [6, 6.07) is 0. The number of methoxy groups -OCH3 is 1. The third kappa shape index (κ3) is 13.7. The second-order valence-corrected chi connectivity index (χ2v) is 3.82. The summed E-state index contributed by atoms with van der Waals surface area (Å²) in [5, 5.41) is 12.5. The molecule has 0 amide bonds. The largest absolute Gasteiger partial charge is 0.393 e. The molecule has 1 atom stereocenters. The maximum Gasteiger partial charge on any atom is 0.0701 e. The van der Waals surface area contributed by atoms with Gasteiger partial charge in [0.05, 0.1) is 39.1 Å². The number of rotatable bonds is 13. The van der Waals surface area contributed by atoms with E-state index in [1.165, 1.54) is 0 Å². The number of hydrogen-bond acceptors (Lipinski definition) is 5. The summed E-state index contributed by atoms with van der Waals surface area (Å²) >= 11 is 0. The van der Waals surface area contributed by atoms with Gasteiger partial charge >= 0.3 is 0 Å². The molecular weight excluding hydrogens is 222 g/mol. The molecule has 0 saturated heterocycles. The minimum atomic E-state index is -0.183. The standard InChI is InChI=1S/C12H27NO4/c1-3-12(14)4-5-13-6-7-16-10-11-17-9-8-15-2/h12-14H,3-11H2,1-2H3. The molecule has 0 radical (unpaired) electrons. The zero-order valence-electron chi connectivity index (χ0n) is 11.1. The average molecular weight is 249 g/mol. The lowest BCUT2D eigenvalue weighted by Crippen LogP contribution is -2.24. The molecule has 0 heterocycles. The van der Waals surface area contributed by atoms with Crippen molar-refractivity contribution in [1.29, 1.82) is 0 Å². The maximum atomic E-state index is 9.30. The van der Waals surface area contributed by atoms with Crippen molar-refractivity contribution >= 4 is 0 Å². The molecule has 0 aliphatic carbocycles. The Balaban J connectivity index is 2.94. The van der Waals surface area contributed by atoms with Crippen LogP contribution in [-0.2, 0) is 14.2 Å². The van der Waals surface area contributed by atoms with Crippen LogP contribution in [0.15, 0.2) is 0 Å². The number of ether oxygens (including phenoxy) is 3. The minimum Gasteiger partial charge on any atom is -0.393 e. The van der Waals surface area contributed by atoms with Crippen LogP contribution in [0, 0.1) is 0 Å². The lowest BCUT2D eigenvalue weighted by molar-refractivity contribution is 0.0255. The van der Waals surface area contributed by atoms with Crippen LogP contribution in [0.1, 0.15) is 19.8 Å². The van der Waals surface area contributed by atoms with E-state index in [9.17, 15) is 5.11 Å². The zero-order valence-corrected chi connectivity index (χ0v) is 11.1. The molecule has 0 aliphatic rings. The van der Waals surface area contributed by atoms with E-state index >= 15 is 0 Å². The van der Waals surface area contributed by atoms with Crippen molar-refractivity contribution < 1.29 is 19.3 Å². The molecule has 17 heavy (non-hydrogen) atoms. The molecule has 0 saturated carbocycles. The van der Waals surface area contributed by atoms with Crippen molar-refractivity contribution in [1.82, 2.24) is 5.32 Å². The van der Waals surface area contributed by atoms with E-state index < -0.39 is 0 Å². The molecular formula is C12H27NO4. The van der Waals surface area contributed by atoms with Gasteiger partial charge < -0.3 is 24.6 Å². The molecule has 0 bridgehead atoms. The molecule has 0 aromatic carbocycles. The number of aliphatic hydroxyl groups is 1. The van der Waals surface area contributed by atoms with E-state index in [4.69, 9.17) is 14.2 Å². The monoisotopic (exact) mass is 249 g/mol. The Morgan fingerprint density at radius 2 is 1.65 bits per heavy atom. The van der Waals surface area contributed by atoms with Crippen LogP contribution in [0.3, 0.4) is 0 Å². The summed E-state index contributed by atoms with van der Waals surface area (Å²) in [6.07, 6.45) is 1.44. The average Bonchev–Trinajstić information content (AvgIpc) is 2.35. The van der Waals surface area contributed by atoms with Gasteiger partial charge in [0.15, 0.2) is 0 Å². The highest BCUT2D eigenvalue weighted by Gasteiger charge is 1.98. The molecule has 0 aliphatic heterocycles. The molecule has 1 unspecified atom stereocenters. The van der Waals surface area contributed by atoms with Gasteiger partial charge in [-0.2, -0.15) is 0 Å². The number of aliphatic hydroxyl groups excluding tert-OH is 1. The summed E-state index contributed by atoms with van der Waals surface area (Å²) in [4.78, 5) is 0. The van der Waals surface area contributed by atoms with Crippen LogP contribution in [0.5, 0.6) is 0 Å². The van der Waals surface area contributed by atoms with Crippen LogP contribution in [0.4, 0.5) is 0 Å². The quantitative estimate of drug-likeness (QED) is 0.463. The minimum absolute atomic E-state index is 0.183. The highest BCUT2D eigenvalue weighted by atomic mass is 16.5. The normalized spacial score (nSPS) is 12.9. The van der Waals surface area contributed by atoms with Gasteiger partial charge in [-0.05, 0) is 19.4 Å². The van der Waals surface area contributed by atoms with Crippen LogP contribution in [-0.4, -0.2) is 64.4 Å². The summed E-state index contributed by atoms with van der Waals surface area (Å²) in [7, 11) is 1.65. The van der Waals surface area contributed by atoms with Gasteiger partial charge in [0.1, 0.15) is 0 Å². The van der Waals surface area contributed by atoms with Gasteiger partial charge in [0, 0.05) is 13.7 Å². The summed E-state index contributed by atoms with van der Waals surface area (Å²) < 4.78 is 15.4. The smallest absolute Gasteiger partial charge is 0.0701 e. The molecule has 0 fully saturated rings. The Morgan fingerprint density at radius 1 is 1.00 bits per heavy atom. The molecule has 0 aromatic rings. The van der Waals surface area contributed by atoms with E-state index in [0.29, 0.717) is 33.0 Å². The lowest BCUT2D eigenvalue weighted by Gasteiger charge is -2.09. The molecule has 0 spiro atoms. The Bertz CT molecular complexity index is 146. The van der Waals surface area contributed by atoms with Crippen molar-refractivity contribution in [3.63, 3.8) is 0 Å². The van der Waals surface area contributed by atoms with Gasteiger partial charge in [-0.25, -0.2) is 0 Å². The summed E-state index contributed by atoms with van der Waals surface area (Å²) in [5.74, 6) is 0. The third-order valence-electron chi connectivity index (χ3n) is 2.35. The van der Waals surface area contributed by atoms with Crippen molar-refractivity contribution in [2.75, 3.05) is 53.2 Å². The topological polar surface area (TPSA) is 60.0 Å². The predicted octanol–water partition coefficient (Wildman–Crippen LogP) is 0.417. The fraction of sp³-hybridized carbons (Fsp3) is 1.00. The number of nitrogens with one attached hydrogen (secondary N) is 1. The summed E-state index contributed by atoms with van der Waals surface area (Å²) in [6.45, 7) is 6.78. The molecule has 0 rings (SSSR count). The fourth-order valence-electron chi connectivity index (χ4n) is 1.21. The molecule has 5 nitrogen and oxygen atoms in total. The molecule has 2 N–H and O–H groups in total. The second kappa shape index (κ2) is 13.9. The number of hydrogen-bond donors (Lipinski definition) is 2. The van der Waals surface area contributed by atoms with Gasteiger partial charge in [-0.15, -0.1) is 0 Å². The van der Waals surface area contributed by atoms with Crippen molar-refractivity contribution in [2.24, 2.45) is 0 Å². The maximum absolute atomic E-state index is 9.30. The molecule has 0 aromatic heterocycles. The SMILES string of the molecule is CCC(O)CCNCCOCCOCCOC. The van der Waals surface area contributed by atoms with E-state index in [2.05, 4.69) is 5.32 Å². The van der Waals surface area contributed by atoms with Crippen molar-refractivity contribution in [2.45, 2.75) is 25.9 Å². The van der Waals surface area contributed by atoms with Gasteiger partial charge in [0.2, 0.25) is 0 Å². The Morgan fingerprint density at radius 3 is 2.29 bits per heavy atom. The lowest BCUT2D eigenvalue weighted by atomic mass is 10.2. The molecule has 5 heteroatoms. The van der Waals surface area contributed by atoms with Crippen molar-refractivity contribution in [3.8, 4) is 0 Å².